The van der Waals surface area contributed by atoms with E-state index in [0.29, 0.717) is 0 Å². The molecular weight excluding hydrogens is 703 g/mol. The summed E-state index contributed by atoms with van der Waals surface area (Å²) < 4.78 is 6.82. The van der Waals surface area contributed by atoms with Crippen molar-refractivity contribution in [2.45, 2.75) is 0 Å². The summed E-state index contributed by atoms with van der Waals surface area (Å²) in [4.78, 5) is 2.38. The van der Waals surface area contributed by atoms with Crippen molar-refractivity contribution in [2.24, 2.45) is 0 Å². The lowest BCUT2D eigenvalue weighted by Crippen LogP contribution is -2.10. The summed E-state index contributed by atoms with van der Waals surface area (Å²) >= 11 is 0. The van der Waals surface area contributed by atoms with E-state index < -0.39 is 0 Å². The van der Waals surface area contributed by atoms with Crippen LogP contribution in [0.4, 0.5) is 17.1 Å². The molecule has 1 heterocycles. The van der Waals surface area contributed by atoms with E-state index in [2.05, 4.69) is 229 Å². The number of rotatable bonds is 7. The number of benzene rings is 10. The lowest BCUT2D eigenvalue weighted by atomic mass is 9.97. The fourth-order valence-corrected chi connectivity index (χ4v) is 8.49. The summed E-state index contributed by atoms with van der Waals surface area (Å²) in [6.45, 7) is 0. The highest BCUT2D eigenvalue weighted by atomic mass is 16.3. The van der Waals surface area contributed by atoms with E-state index in [1.54, 1.807) is 0 Å². The summed E-state index contributed by atoms with van der Waals surface area (Å²) in [7, 11) is 0. The Morgan fingerprint density at radius 2 is 0.793 bits per heavy atom. The first-order valence-corrected chi connectivity index (χ1v) is 19.8. The van der Waals surface area contributed by atoms with Crippen LogP contribution < -0.4 is 4.90 Å². The minimum atomic E-state index is 0.868. The molecule has 10 aromatic carbocycles. The molecule has 0 saturated carbocycles. The molecule has 11 rings (SSSR count). The standard InChI is InChI=1S/C56H37NO/c1-2-11-38(12-3-1)45-17-10-18-46(35-45)41-25-29-49(30-26-41)57(50-31-27-42(28-32-50)47-23-21-39-13-4-6-15-43(39)36-47)53-34-33-51(48-24-22-40-14-5-7-16-44(40)37-48)56-55(53)52-19-8-9-20-54(52)58-56/h1-37H. The lowest BCUT2D eigenvalue weighted by molar-refractivity contribution is 0.670. The summed E-state index contributed by atoms with van der Waals surface area (Å²) in [6.07, 6.45) is 0. The van der Waals surface area contributed by atoms with Gasteiger partial charge in [0.2, 0.25) is 0 Å². The average molecular weight is 740 g/mol. The van der Waals surface area contributed by atoms with Gasteiger partial charge in [0.25, 0.3) is 0 Å². The quantitative estimate of drug-likeness (QED) is 0.162. The molecule has 2 heteroatoms. The molecule has 0 saturated heterocycles. The molecule has 0 unspecified atom stereocenters. The molecule has 1 aromatic heterocycles. The van der Waals surface area contributed by atoms with E-state index in [1.807, 2.05) is 0 Å². The van der Waals surface area contributed by atoms with Gasteiger partial charge in [-0.3, -0.25) is 0 Å². The van der Waals surface area contributed by atoms with Gasteiger partial charge in [-0.05, 0) is 121 Å². The van der Waals surface area contributed by atoms with Crippen molar-refractivity contribution in [2.75, 3.05) is 4.90 Å². The second kappa shape index (κ2) is 14.1. The molecule has 0 spiro atoms. The number of nitrogens with zero attached hydrogens (tertiary/aromatic N) is 1. The molecule has 0 aliphatic rings. The first-order chi connectivity index (χ1) is 28.7. The Morgan fingerprint density at radius 1 is 0.310 bits per heavy atom. The predicted molar refractivity (Wildman–Crippen MR) is 245 cm³/mol. The number of hydrogen-bond acceptors (Lipinski definition) is 2. The SMILES string of the molecule is c1ccc(-c2cccc(-c3ccc(N(c4ccc(-c5ccc6ccccc6c5)cc4)c4ccc(-c5ccc6ccccc6c5)c5oc6ccccc6c45)cc3)c2)cc1. The highest BCUT2D eigenvalue weighted by molar-refractivity contribution is 6.17. The number of anilines is 3. The molecule has 0 aliphatic heterocycles. The Kier molecular flexibility index (Phi) is 8.19. The minimum Gasteiger partial charge on any atom is -0.455 e. The predicted octanol–water partition coefficient (Wildman–Crippen LogP) is 16.0. The molecule has 0 fully saturated rings. The molecule has 0 atom stereocenters. The van der Waals surface area contributed by atoms with Crippen LogP contribution in [0.15, 0.2) is 229 Å². The number of para-hydroxylation sites is 1. The Morgan fingerprint density at radius 3 is 1.45 bits per heavy atom. The van der Waals surface area contributed by atoms with Crippen LogP contribution in [0.5, 0.6) is 0 Å². The van der Waals surface area contributed by atoms with Gasteiger partial charge in [0, 0.05) is 22.3 Å². The van der Waals surface area contributed by atoms with Crippen molar-refractivity contribution in [3.05, 3.63) is 224 Å². The molecule has 0 bridgehead atoms. The number of fused-ring (bicyclic) bond motifs is 5. The van der Waals surface area contributed by atoms with Crippen LogP contribution in [-0.4, -0.2) is 0 Å². The van der Waals surface area contributed by atoms with E-state index in [9.17, 15) is 0 Å². The maximum Gasteiger partial charge on any atom is 0.145 e. The second-order valence-electron chi connectivity index (χ2n) is 14.9. The molecule has 58 heavy (non-hydrogen) atoms. The van der Waals surface area contributed by atoms with Gasteiger partial charge < -0.3 is 9.32 Å². The van der Waals surface area contributed by atoms with Crippen molar-refractivity contribution in [3.8, 4) is 44.5 Å². The van der Waals surface area contributed by atoms with Gasteiger partial charge in [-0.2, -0.15) is 0 Å². The van der Waals surface area contributed by atoms with Crippen LogP contribution in [0.2, 0.25) is 0 Å². The molecule has 0 N–H and O–H groups in total. The summed E-state index contributed by atoms with van der Waals surface area (Å²) in [6, 6.07) is 80.6. The third kappa shape index (κ3) is 6.00. The fraction of sp³-hybridized carbons (Fsp3) is 0. The Bertz CT molecular complexity index is 3270. The second-order valence-corrected chi connectivity index (χ2v) is 14.9. The maximum absolute atomic E-state index is 6.82. The van der Waals surface area contributed by atoms with Crippen molar-refractivity contribution in [1.29, 1.82) is 0 Å². The molecule has 2 nitrogen and oxygen atoms in total. The van der Waals surface area contributed by atoms with Crippen molar-refractivity contribution in [3.63, 3.8) is 0 Å². The normalized spacial score (nSPS) is 11.4. The number of furan rings is 1. The molecule has 0 aliphatic carbocycles. The molecular formula is C56H37NO. The molecule has 0 radical (unpaired) electrons. The first-order valence-electron chi connectivity index (χ1n) is 19.8. The van der Waals surface area contributed by atoms with E-state index in [1.165, 1.54) is 54.9 Å². The molecule has 0 amide bonds. The average Bonchev–Trinajstić information content (AvgIpc) is 3.70. The van der Waals surface area contributed by atoms with Gasteiger partial charge in [0.15, 0.2) is 0 Å². The van der Waals surface area contributed by atoms with E-state index in [0.717, 1.165) is 50.1 Å². The van der Waals surface area contributed by atoms with Crippen molar-refractivity contribution in [1.82, 2.24) is 0 Å². The van der Waals surface area contributed by atoms with Gasteiger partial charge in [-0.25, -0.2) is 0 Å². The van der Waals surface area contributed by atoms with Gasteiger partial charge >= 0.3 is 0 Å². The van der Waals surface area contributed by atoms with Gasteiger partial charge in [0.1, 0.15) is 11.2 Å². The highest BCUT2D eigenvalue weighted by Crippen LogP contribution is 2.47. The van der Waals surface area contributed by atoms with E-state index in [-0.39, 0.29) is 0 Å². The van der Waals surface area contributed by atoms with Crippen LogP contribution in [0.1, 0.15) is 0 Å². The van der Waals surface area contributed by atoms with Gasteiger partial charge in [0.05, 0.1) is 11.1 Å². The van der Waals surface area contributed by atoms with Crippen LogP contribution in [0.3, 0.4) is 0 Å². The zero-order valence-electron chi connectivity index (χ0n) is 31.7. The van der Waals surface area contributed by atoms with Gasteiger partial charge in [-0.15, -0.1) is 0 Å². The van der Waals surface area contributed by atoms with E-state index >= 15 is 0 Å². The van der Waals surface area contributed by atoms with Crippen LogP contribution in [0.25, 0.3) is 88.0 Å². The summed E-state index contributed by atoms with van der Waals surface area (Å²) in [5, 5.41) is 7.07. The van der Waals surface area contributed by atoms with Crippen LogP contribution in [-0.2, 0) is 0 Å². The maximum atomic E-state index is 6.82. The van der Waals surface area contributed by atoms with Crippen LogP contribution in [0, 0.1) is 0 Å². The summed E-state index contributed by atoms with van der Waals surface area (Å²) in [5.74, 6) is 0. The third-order valence-electron chi connectivity index (χ3n) is 11.4. The smallest absolute Gasteiger partial charge is 0.145 e. The monoisotopic (exact) mass is 739 g/mol. The lowest BCUT2D eigenvalue weighted by Gasteiger charge is -2.27. The largest absolute Gasteiger partial charge is 0.455 e. The zero-order valence-corrected chi connectivity index (χ0v) is 31.7. The zero-order chi connectivity index (χ0) is 38.4. The Hall–Kier alpha value is -7.68. The molecule has 11 aromatic rings. The first kappa shape index (κ1) is 33.6. The van der Waals surface area contributed by atoms with Crippen LogP contribution >= 0.6 is 0 Å². The van der Waals surface area contributed by atoms with Crippen molar-refractivity contribution < 1.29 is 4.42 Å². The fourth-order valence-electron chi connectivity index (χ4n) is 8.49. The summed E-state index contributed by atoms with van der Waals surface area (Å²) in [5.41, 5.74) is 14.3. The Labute approximate surface area is 337 Å². The topological polar surface area (TPSA) is 16.4 Å². The molecule has 272 valence electrons. The van der Waals surface area contributed by atoms with E-state index in [4.69, 9.17) is 4.42 Å². The Balaban J connectivity index is 1.07. The highest BCUT2D eigenvalue weighted by Gasteiger charge is 2.22. The number of hydrogen-bond donors (Lipinski definition) is 0. The van der Waals surface area contributed by atoms with Gasteiger partial charge in [-0.1, -0.05) is 164 Å². The third-order valence-corrected chi connectivity index (χ3v) is 11.4. The minimum absolute atomic E-state index is 0.868. The van der Waals surface area contributed by atoms with Crippen molar-refractivity contribution >= 4 is 60.5 Å².